The summed E-state index contributed by atoms with van der Waals surface area (Å²) in [7, 11) is 0. The van der Waals surface area contributed by atoms with E-state index >= 15 is 0 Å². The van der Waals surface area contributed by atoms with Gasteiger partial charge in [0.15, 0.2) is 5.69 Å². The van der Waals surface area contributed by atoms with Crippen molar-refractivity contribution in [1.29, 1.82) is 0 Å². The number of amides is 1. The lowest BCUT2D eigenvalue weighted by Gasteiger charge is -2.34. The quantitative estimate of drug-likeness (QED) is 0.844. The van der Waals surface area contributed by atoms with Gasteiger partial charge in [-0.3, -0.25) is 14.4 Å². The summed E-state index contributed by atoms with van der Waals surface area (Å²) in [5.41, 5.74) is 0.904. The maximum atomic E-state index is 13.2. The van der Waals surface area contributed by atoms with Gasteiger partial charge in [0.05, 0.1) is 0 Å². The third-order valence-electron chi connectivity index (χ3n) is 4.43. The molecule has 0 aliphatic carbocycles. The summed E-state index contributed by atoms with van der Waals surface area (Å²) < 4.78 is 14.7. The van der Waals surface area contributed by atoms with Gasteiger partial charge in [0, 0.05) is 51.9 Å². The largest absolute Gasteiger partial charge is 0.476 e. The number of aromatic nitrogens is 2. The van der Waals surface area contributed by atoms with Gasteiger partial charge in [-0.2, -0.15) is 5.10 Å². The van der Waals surface area contributed by atoms with E-state index in [0.29, 0.717) is 26.2 Å². The molecule has 1 aliphatic heterocycles. The monoisotopic (exact) mass is 360 g/mol. The number of nitrogens with zero attached hydrogens (tertiary/aromatic N) is 4. The Morgan fingerprint density at radius 2 is 1.92 bits per heavy atom. The zero-order valence-corrected chi connectivity index (χ0v) is 14.3. The van der Waals surface area contributed by atoms with Crippen LogP contribution in [-0.2, 0) is 17.9 Å². The van der Waals surface area contributed by atoms with E-state index in [2.05, 4.69) is 10.00 Å². The molecule has 7 nitrogen and oxygen atoms in total. The number of hydrogen-bond acceptors (Lipinski definition) is 4. The average molecular weight is 360 g/mol. The average Bonchev–Trinajstić information content (AvgIpc) is 3.10. The molecule has 138 valence electrons. The number of carboxylic acids is 1. The standard InChI is InChI=1S/C18H21FN4O3/c19-15-3-1-2-14(12-15)13-21-8-10-22(11-9-21)17(24)5-7-23-6-4-16(20-23)18(25)26/h1-4,6,12H,5,7-11,13H2,(H,25,26). The van der Waals surface area contributed by atoms with Crippen LogP contribution < -0.4 is 0 Å². The molecule has 1 aromatic heterocycles. The fraction of sp³-hybridized carbons (Fsp3) is 0.389. The van der Waals surface area contributed by atoms with Crippen LogP contribution in [0.3, 0.4) is 0 Å². The highest BCUT2D eigenvalue weighted by Crippen LogP contribution is 2.11. The first kappa shape index (κ1) is 18.1. The van der Waals surface area contributed by atoms with E-state index in [1.54, 1.807) is 12.3 Å². The molecule has 2 heterocycles. The van der Waals surface area contributed by atoms with Crippen molar-refractivity contribution < 1.29 is 19.1 Å². The van der Waals surface area contributed by atoms with Crippen LogP contribution in [-0.4, -0.2) is 62.7 Å². The molecule has 2 aromatic rings. The molecule has 8 heteroatoms. The molecule has 0 atom stereocenters. The number of halogens is 1. The van der Waals surface area contributed by atoms with Crippen molar-refractivity contribution in [1.82, 2.24) is 19.6 Å². The normalized spacial score (nSPS) is 15.2. The maximum absolute atomic E-state index is 13.2. The zero-order valence-electron chi connectivity index (χ0n) is 14.3. The number of aryl methyl sites for hydroxylation is 1. The van der Waals surface area contributed by atoms with E-state index in [1.165, 1.54) is 22.9 Å². The van der Waals surface area contributed by atoms with Gasteiger partial charge in [-0.25, -0.2) is 9.18 Å². The molecule has 0 radical (unpaired) electrons. The summed E-state index contributed by atoms with van der Waals surface area (Å²) in [5, 5.41) is 12.7. The lowest BCUT2D eigenvalue weighted by molar-refractivity contribution is -0.133. The van der Waals surface area contributed by atoms with E-state index in [0.717, 1.165) is 18.7 Å². The lowest BCUT2D eigenvalue weighted by Crippen LogP contribution is -2.48. The van der Waals surface area contributed by atoms with Crippen LogP contribution >= 0.6 is 0 Å². The van der Waals surface area contributed by atoms with Crippen molar-refractivity contribution in [3.63, 3.8) is 0 Å². The second-order valence-electron chi connectivity index (χ2n) is 6.31. The third-order valence-corrected chi connectivity index (χ3v) is 4.43. The second kappa shape index (κ2) is 8.09. The molecule has 3 rings (SSSR count). The summed E-state index contributed by atoms with van der Waals surface area (Å²) in [6, 6.07) is 7.98. The second-order valence-corrected chi connectivity index (χ2v) is 6.31. The number of aromatic carboxylic acids is 1. The topological polar surface area (TPSA) is 78.7 Å². The first-order valence-electron chi connectivity index (χ1n) is 8.52. The van der Waals surface area contributed by atoms with Crippen molar-refractivity contribution in [2.24, 2.45) is 0 Å². The van der Waals surface area contributed by atoms with Crippen LogP contribution in [0.4, 0.5) is 4.39 Å². The summed E-state index contributed by atoms with van der Waals surface area (Å²) in [6.07, 6.45) is 1.85. The van der Waals surface area contributed by atoms with E-state index in [1.807, 2.05) is 11.0 Å². The van der Waals surface area contributed by atoms with E-state index in [4.69, 9.17) is 5.11 Å². The predicted molar refractivity (Wildman–Crippen MR) is 92.1 cm³/mol. The molecule has 0 spiro atoms. The summed E-state index contributed by atoms with van der Waals surface area (Å²) in [4.78, 5) is 27.1. The Balaban J connectivity index is 1.43. The smallest absolute Gasteiger partial charge is 0.356 e. The van der Waals surface area contributed by atoms with Gasteiger partial charge in [-0.15, -0.1) is 0 Å². The number of carboxylic acid groups (broad SMARTS) is 1. The molecule has 0 saturated carbocycles. The minimum atomic E-state index is -1.08. The Kier molecular flexibility index (Phi) is 5.62. The molecule has 1 saturated heterocycles. The van der Waals surface area contributed by atoms with Crippen molar-refractivity contribution in [3.8, 4) is 0 Å². The van der Waals surface area contributed by atoms with Gasteiger partial charge in [0.25, 0.3) is 0 Å². The number of benzene rings is 1. The molecule has 0 bridgehead atoms. The third kappa shape index (κ3) is 4.66. The SMILES string of the molecule is O=C(O)c1ccn(CCC(=O)N2CCN(Cc3cccc(F)c3)CC2)n1. The van der Waals surface area contributed by atoms with Crippen molar-refractivity contribution in [2.45, 2.75) is 19.5 Å². The van der Waals surface area contributed by atoms with Crippen LogP contribution in [0, 0.1) is 5.82 Å². The van der Waals surface area contributed by atoms with Crippen LogP contribution in [0.5, 0.6) is 0 Å². The summed E-state index contributed by atoms with van der Waals surface area (Å²) in [5.74, 6) is -1.28. The molecule has 26 heavy (non-hydrogen) atoms. The molecule has 1 N–H and O–H groups in total. The minimum absolute atomic E-state index is 0.0246. The van der Waals surface area contributed by atoms with Crippen molar-refractivity contribution in [3.05, 3.63) is 53.6 Å². The molecule has 1 aromatic carbocycles. The van der Waals surface area contributed by atoms with Crippen LogP contribution in [0.15, 0.2) is 36.5 Å². The highest BCUT2D eigenvalue weighted by molar-refractivity contribution is 5.85. The summed E-state index contributed by atoms with van der Waals surface area (Å²) >= 11 is 0. The molecular formula is C18H21FN4O3. The highest BCUT2D eigenvalue weighted by Gasteiger charge is 2.21. The Bertz CT molecular complexity index is 784. The number of carbonyl (C=O) groups excluding carboxylic acids is 1. The number of piperazine rings is 1. The minimum Gasteiger partial charge on any atom is -0.476 e. The Labute approximate surface area is 150 Å². The number of carbonyl (C=O) groups is 2. The molecular weight excluding hydrogens is 339 g/mol. The van der Waals surface area contributed by atoms with Gasteiger partial charge in [-0.05, 0) is 23.8 Å². The molecule has 1 amide bonds. The van der Waals surface area contributed by atoms with E-state index in [-0.39, 0.29) is 23.8 Å². The molecule has 0 unspecified atom stereocenters. The Morgan fingerprint density at radius 3 is 2.58 bits per heavy atom. The fourth-order valence-corrected chi connectivity index (χ4v) is 3.02. The zero-order chi connectivity index (χ0) is 18.5. The van der Waals surface area contributed by atoms with E-state index < -0.39 is 5.97 Å². The first-order chi connectivity index (χ1) is 12.5. The maximum Gasteiger partial charge on any atom is 0.356 e. The molecule has 1 fully saturated rings. The van der Waals surface area contributed by atoms with Crippen molar-refractivity contribution >= 4 is 11.9 Å². The van der Waals surface area contributed by atoms with Crippen LogP contribution in [0.2, 0.25) is 0 Å². The van der Waals surface area contributed by atoms with Crippen LogP contribution in [0.1, 0.15) is 22.5 Å². The van der Waals surface area contributed by atoms with Gasteiger partial charge in [0.2, 0.25) is 5.91 Å². The number of hydrogen-bond donors (Lipinski definition) is 1. The van der Waals surface area contributed by atoms with Gasteiger partial charge >= 0.3 is 5.97 Å². The van der Waals surface area contributed by atoms with Gasteiger partial charge in [0.1, 0.15) is 5.82 Å². The van der Waals surface area contributed by atoms with Crippen LogP contribution in [0.25, 0.3) is 0 Å². The van der Waals surface area contributed by atoms with Gasteiger partial charge in [-0.1, -0.05) is 12.1 Å². The summed E-state index contributed by atoms with van der Waals surface area (Å²) in [6.45, 7) is 3.78. The first-order valence-corrected chi connectivity index (χ1v) is 8.52. The fourth-order valence-electron chi connectivity index (χ4n) is 3.02. The van der Waals surface area contributed by atoms with Crippen molar-refractivity contribution in [2.75, 3.05) is 26.2 Å². The number of rotatable bonds is 6. The Morgan fingerprint density at radius 1 is 1.15 bits per heavy atom. The van der Waals surface area contributed by atoms with Gasteiger partial charge < -0.3 is 10.0 Å². The lowest BCUT2D eigenvalue weighted by atomic mass is 10.2. The Hall–Kier alpha value is -2.74. The predicted octanol–water partition coefficient (Wildman–Crippen LogP) is 1.45. The highest BCUT2D eigenvalue weighted by atomic mass is 19.1. The van der Waals surface area contributed by atoms with E-state index in [9.17, 15) is 14.0 Å². The molecule has 1 aliphatic rings.